The molecule has 0 spiro atoms. The molecule has 0 heterocycles. The molecule has 1 atom stereocenters. The third-order valence-electron chi connectivity index (χ3n) is 0.977. The molecule has 4 heteroatoms. The first-order valence-corrected chi connectivity index (χ1v) is 5.88. The van der Waals surface area contributed by atoms with Gasteiger partial charge in [0.05, 0.1) is 0 Å². The number of rotatable bonds is 5. The van der Waals surface area contributed by atoms with Crippen molar-refractivity contribution in [3.63, 3.8) is 0 Å². The summed E-state index contributed by atoms with van der Waals surface area (Å²) in [6, 6.07) is 0. The van der Waals surface area contributed by atoms with Gasteiger partial charge in [0.2, 0.25) is 6.41 Å². The summed E-state index contributed by atoms with van der Waals surface area (Å²) in [6.45, 7) is 1.18. The molecule has 0 aliphatic rings. The van der Waals surface area contributed by atoms with Gasteiger partial charge in [-0.1, -0.05) is 25.2 Å². The van der Waals surface area contributed by atoms with Gasteiger partial charge in [-0.15, -0.1) is 0 Å². The fraction of sp³-hybridized carbons (Fsp3) is 0.800. The van der Waals surface area contributed by atoms with Crippen molar-refractivity contribution >= 4 is 25.1 Å². The van der Waals surface area contributed by atoms with Crippen molar-refractivity contribution < 1.29 is 4.79 Å². The largest absolute Gasteiger partial charge is 0.333 e. The molecular formula is C5H12NOPS. The van der Waals surface area contributed by atoms with Crippen LogP contribution < -0.4 is 5.09 Å². The summed E-state index contributed by atoms with van der Waals surface area (Å²) in [7, 11) is 0. The highest BCUT2D eigenvalue weighted by Crippen LogP contribution is 2.14. The van der Waals surface area contributed by atoms with Crippen LogP contribution in [-0.2, 0) is 16.6 Å². The van der Waals surface area contributed by atoms with Gasteiger partial charge in [0, 0.05) is 6.85 Å². The van der Waals surface area contributed by atoms with Gasteiger partial charge in [-0.3, -0.25) is 4.79 Å². The Morgan fingerprint density at radius 3 is 2.89 bits per heavy atom. The summed E-state index contributed by atoms with van der Waals surface area (Å²) in [6.07, 6.45) is 4.01. The van der Waals surface area contributed by atoms with E-state index in [9.17, 15) is 4.79 Å². The monoisotopic (exact) mass is 165 g/mol. The first-order valence-electron chi connectivity index (χ1n) is 3.04. The summed E-state index contributed by atoms with van der Waals surface area (Å²) in [5.41, 5.74) is 0. The van der Waals surface area contributed by atoms with Crippen LogP contribution in [0.15, 0.2) is 0 Å². The highest BCUT2D eigenvalue weighted by Gasteiger charge is 1.88. The van der Waals surface area contributed by atoms with E-state index in [4.69, 9.17) is 11.8 Å². The van der Waals surface area contributed by atoms with Gasteiger partial charge < -0.3 is 5.09 Å². The number of carbonyl (C=O) groups is 1. The Morgan fingerprint density at radius 2 is 2.44 bits per heavy atom. The molecule has 1 unspecified atom stereocenters. The van der Waals surface area contributed by atoms with E-state index in [0.717, 1.165) is 19.0 Å². The molecule has 0 aliphatic carbocycles. The van der Waals surface area contributed by atoms with Crippen molar-refractivity contribution in [2.75, 3.05) is 6.16 Å². The van der Waals surface area contributed by atoms with Gasteiger partial charge in [0.1, 0.15) is 0 Å². The minimum atomic E-state index is -0.938. The third-order valence-corrected chi connectivity index (χ3v) is 3.19. The zero-order chi connectivity index (χ0) is 7.11. The molecule has 0 saturated heterocycles. The molecule has 0 bridgehead atoms. The highest BCUT2D eigenvalue weighted by molar-refractivity contribution is 8.04. The molecule has 0 radical (unpaired) electrons. The van der Waals surface area contributed by atoms with Crippen LogP contribution in [0.1, 0.15) is 19.8 Å². The van der Waals surface area contributed by atoms with Crippen LogP contribution in [-0.4, -0.2) is 12.6 Å². The standard InChI is InChI=1S/C5H12NOPS/c1-2-3-4-8(9)6-5-7/h5,8H,2-4H2,1H3,(H,6,7,9). The molecule has 0 aromatic carbocycles. The Morgan fingerprint density at radius 1 is 1.78 bits per heavy atom. The topological polar surface area (TPSA) is 29.1 Å². The van der Waals surface area contributed by atoms with Gasteiger partial charge in [-0.05, 0) is 12.6 Å². The number of hydrogen-bond donors (Lipinski definition) is 1. The second-order valence-electron chi connectivity index (χ2n) is 1.79. The maximum atomic E-state index is 9.83. The lowest BCUT2D eigenvalue weighted by atomic mass is 10.4. The molecule has 0 saturated carbocycles. The van der Waals surface area contributed by atoms with E-state index in [2.05, 4.69) is 12.0 Å². The summed E-state index contributed by atoms with van der Waals surface area (Å²) in [5.74, 6) is 0. The number of hydrogen-bond acceptors (Lipinski definition) is 2. The molecule has 0 aromatic rings. The minimum absolute atomic E-state index is 0.705. The van der Waals surface area contributed by atoms with Gasteiger partial charge in [0.15, 0.2) is 0 Å². The molecule has 0 aliphatic heterocycles. The van der Waals surface area contributed by atoms with E-state index in [-0.39, 0.29) is 0 Å². The quantitative estimate of drug-likeness (QED) is 0.488. The zero-order valence-electron chi connectivity index (χ0n) is 5.52. The van der Waals surface area contributed by atoms with Crippen LogP contribution in [0.2, 0.25) is 0 Å². The highest BCUT2D eigenvalue weighted by atomic mass is 32.4. The van der Waals surface area contributed by atoms with Crippen molar-refractivity contribution in [3.8, 4) is 0 Å². The van der Waals surface area contributed by atoms with E-state index in [1.54, 1.807) is 0 Å². The molecule has 0 rings (SSSR count). The fourth-order valence-electron chi connectivity index (χ4n) is 0.475. The Kier molecular flexibility index (Phi) is 6.33. The lowest BCUT2D eigenvalue weighted by molar-refractivity contribution is -0.108. The van der Waals surface area contributed by atoms with E-state index >= 15 is 0 Å². The first kappa shape index (κ1) is 9.12. The second-order valence-corrected chi connectivity index (χ2v) is 4.90. The third kappa shape index (κ3) is 6.00. The molecule has 2 nitrogen and oxygen atoms in total. The van der Waals surface area contributed by atoms with Crippen molar-refractivity contribution in [1.29, 1.82) is 0 Å². The molecule has 54 valence electrons. The zero-order valence-corrected chi connectivity index (χ0v) is 7.33. The van der Waals surface area contributed by atoms with Crippen molar-refractivity contribution in [1.82, 2.24) is 5.09 Å². The Bertz CT molecular complexity index is 107. The molecule has 1 N–H and O–H groups in total. The number of nitrogens with one attached hydrogen (secondary N) is 1. The van der Waals surface area contributed by atoms with Gasteiger partial charge >= 0.3 is 0 Å². The predicted molar refractivity (Wildman–Crippen MR) is 44.7 cm³/mol. The van der Waals surface area contributed by atoms with Crippen LogP contribution in [0.3, 0.4) is 0 Å². The summed E-state index contributed by atoms with van der Waals surface area (Å²) in [4.78, 5) is 9.83. The fourth-order valence-corrected chi connectivity index (χ4v) is 2.00. The van der Waals surface area contributed by atoms with Crippen molar-refractivity contribution in [2.45, 2.75) is 19.8 Å². The molecule has 0 aromatic heterocycles. The number of unbranched alkanes of at least 4 members (excludes halogenated alkanes) is 1. The molecular weight excluding hydrogens is 153 g/mol. The van der Waals surface area contributed by atoms with Crippen LogP contribution in [0.5, 0.6) is 0 Å². The van der Waals surface area contributed by atoms with Crippen LogP contribution in [0, 0.1) is 0 Å². The summed E-state index contributed by atoms with van der Waals surface area (Å²) >= 11 is 4.96. The number of carbonyl (C=O) groups excluding carboxylic acids is 1. The average molecular weight is 165 g/mol. The maximum Gasteiger partial charge on any atom is 0.210 e. The van der Waals surface area contributed by atoms with Gasteiger partial charge in [-0.25, -0.2) is 0 Å². The number of amides is 1. The summed E-state index contributed by atoms with van der Waals surface area (Å²) < 4.78 is 0. The summed E-state index contributed by atoms with van der Waals surface area (Å²) in [5, 5.41) is 2.62. The van der Waals surface area contributed by atoms with Crippen LogP contribution >= 0.6 is 6.85 Å². The van der Waals surface area contributed by atoms with E-state index in [1.165, 1.54) is 0 Å². The predicted octanol–water partition coefficient (Wildman–Crippen LogP) is 1.12. The average Bonchev–Trinajstić information content (AvgIpc) is 1.85. The van der Waals surface area contributed by atoms with Crippen LogP contribution in [0.25, 0.3) is 0 Å². The van der Waals surface area contributed by atoms with Crippen molar-refractivity contribution in [3.05, 3.63) is 0 Å². The van der Waals surface area contributed by atoms with Crippen molar-refractivity contribution in [2.24, 2.45) is 0 Å². The Balaban J connectivity index is 3.16. The smallest absolute Gasteiger partial charge is 0.210 e. The lowest BCUT2D eigenvalue weighted by Crippen LogP contribution is -1.99. The SMILES string of the molecule is CCCC[PH](=S)NC=O. The minimum Gasteiger partial charge on any atom is -0.333 e. The van der Waals surface area contributed by atoms with E-state index < -0.39 is 6.85 Å². The Hall–Kier alpha value is 0.120. The molecule has 0 fully saturated rings. The normalized spacial score (nSPS) is 12.6. The Labute approximate surface area is 61.5 Å². The van der Waals surface area contributed by atoms with E-state index in [1.807, 2.05) is 0 Å². The molecule has 1 amide bonds. The van der Waals surface area contributed by atoms with Gasteiger partial charge in [0.25, 0.3) is 0 Å². The maximum absolute atomic E-state index is 9.83. The van der Waals surface area contributed by atoms with Gasteiger partial charge in [-0.2, -0.15) is 0 Å². The van der Waals surface area contributed by atoms with E-state index in [0.29, 0.717) is 6.41 Å². The van der Waals surface area contributed by atoms with Crippen LogP contribution in [0.4, 0.5) is 0 Å². The molecule has 9 heavy (non-hydrogen) atoms. The lowest BCUT2D eigenvalue weighted by Gasteiger charge is -1.98. The first-order chi connectivity index (χ1) is 4.31. The second kappa shape index (κ2) is 6.24.